The topological polar surface area (TPSA) is 95.4 Å². The first-order chi connectivity index (χ1) is 13.0. The molecule has 0 saturated carbocycles. The van der Waals surface area contributed by atoms with Crippen LogP contribution in [-0.2, 0) is 11.0 Å². The molecule has 6 nitrogen and oxygen atoms in total. The monoisotopic (exact) mass is 412 g/mol. The molecular formula is C18H15F3N2O4S. The number of fused-ring (bicyclic) bond motifs is 1. The molecular weight excluding hydrogens is 397 g/mol. The first-order valence-electron chi connectivity index (χ1n) is 8.07. The van der Waals surface area contributed by atoms with Crippen LogP contribution in [-0.4, -0.2) is 17.0 Å². The summed E-state index contributed by atoms with van der Waals surface area (Å²) in [5, 5.41) is 1.84. The number of ether oxygens (including phenoxy) is 1. The number of thiazole rings is 1. The Kier molecular flexibility index (Phi) is 5.02. The molecule has 28 heavy (non-hydrogen) atoms. The summed E-state index contributed by atoms with van der Waals surface area (Å²) >= 11 is 1.12. The largest absolute Gasteiger partial charge is 0.450 e. The Bertz CT molecular complexity index is 1130. The first kappa shape index (κ1) is 20.0. The molecule has 0 saturated heterocycles. The van der Waals surface area contributed by atoms with Crippen molar-refractivity contribution in [3.05, 3.63) is 44.1 Å². The highest BCUT2D eigenvalue weighted by molar-refractivity contribution is 7.09. The average Bonchev–Trinajstić information content (AvgIpc) is 2.99. The molecule has 0 aliphatic heterocycles. The Hall–Kier alpha value is -2.72. The van der Waals surface area contributed by atoms with Crippen molar-refractivity contribution < 1.29 is 27.1 Å². The van der Waals surface area contributed by atoms with Crippen LogP contribution in [0, 0.1) is 13.8 Å². The Morgan fingerprint density at radius 1 is 1.32 bits per heavy atom. The van der Waals surface area contributed by atoms with E-state index in [4.69, 9.17) is 14.9 Å². The standard InChI is InChI=1S/C18H15F3N2O4S/c1-7-4-10(26-17(25)8(2)22)5-12-13(7)15(24)14(11-6-28-9(3)23-11)16(27-12)18(19,20)21/h4-6,8H,22H2,1-3H3. The van der Waals surface area contributed by atoms with Crippen molar-refractivity contribution in [1.29, 1.82) is 0 Å². The number of hydrogen-bond acceptors (Lipinski definition) is 7. The molecule has 1 aromatic carbocycles. The van der Waals surface area contributed by atoms with E-state index in [0.29, 0.717) is 10.6 Å². The van der Waals surface area contributed by atoms with Crippen molar-refractivity contribution in [2.24, 2.45) is 5.73 Å². The summed E-state index contributed by atoms with van der Waals surface area (Å²) in [6, 6.07) is 1.50. The van der Waals surface area contributed by atoms with Crippen molar-refractivity contribution in [1.82, 2.24) is 4.98 Å². The number of benzene rings is 1. The zero-order chi connectivity index (χ0) is 20.8. The molecule has 0 aliphatic carbocycles. The smallest absolute Gasteiger partial charge is 0.450 e. The predicted octanol–water partition coefficient (Wildman–Crippen LogP) is 3.80. The van der Waals surface area contributed by atoms with E-state index in [-0.39, 0.29) is 22.4 Å². The lowest BCUT2D eigenvalue weighted by Gasteiger charge is -2.13. The van der Waals surface area contributed by atoms with Crippen molar-refractivity contribution >= 4 is 28.3 Å². The molecule has 1 unspecified atom stereocenters. The highest BCUT2D eigenvalue weighted by Crippen LogP contribution is 2.38. The lowest BCUT2D eigenvalue weighted by Crippen LogP contribution is -2.30. The van der Waals surface area contributed by atoms with Crippen LogP contribution in [0.3, 0.4) is 0 Å². The van der Waals surface area contributed by atoms with Gasteiger partial charge in [0.05, 0.1) is 21.7 Å². The van der Waals surface area contributed by atoms with Crippen LogP contribution in [0.4, 0.5) is 13.2 Å². The maximum absolute atomic E-state index is 13.6. The van der Waals surface area contributed by atoms with E-state index in [2.05, 4.69) is 4.98 Å². The number of nitrogens with zero attached hydrogens (tertiary/aromatic N) is 1. The van der Waals surface area contributed by atoms with Crippen molar-refractivity contribution in [3.63, 3.8) is 0 Å². The van der Waals surface area contributed by atoms with Gasteiger partial charge < -0.3 is 14.9 Å². The van der Waals surface area contributed by atoms with Gasteiger partial charge >= 0.3 is 12.1 Å². The minimum Gasteiger partial charge on any atom is -0.450 e. The van der Waals surface area contributed by atoms with Gasteiger partial charge in [0.15, 0.2) is 0 Å². The predicted molar refractivity (Wildman–Crippen MR) is 97.4 cm³/mol. The summed E-state index contributed by atoms with van der Waals surface area (Å²) in [6.07, 6.45) is -4.92. The van der Waals surface area contributed by atoms with Gasteiger partial charge in [0.1, 0.15) is 17.4 Å². The van der Waals surface area contributed by atoms with Gasteiger partial charge in [-0.2, -0.15) is 13.2 Å². The lowest BCUT2D eigenvalue weighted by atomic mass is 10.0. The highest BCUT2D eigenvalue weighted by atomic mass is 32.1. The van der Waals surface area contributed by atoms with E-state index >= 15 is 0 Å². The van der Waals surface area contributed by atoms with E-state index in [1.54, 1.807) is 6.92 Å². The number of rotatable bonds is 3. The molecule has 0 spiro atoms. The van der Waals surface area contributed by atoms with Crippen molar-refractivity contribution in [2.45, 2.75) is 33.0 Å². The fourth-order valence-corrected chi connectivity index (χ4v) is 3.27. The van der Waals surface area contributed by atoms with Crippen LogP contribution in [0.2, 0.25) is 0 Å². The Morgan fingerprint density at radius 3 is 2.54 bits per heavy atom. The van der Waals surface area contributed by atoms with Crippen LogP contribution in [0.15, 0.2) is 26.7 Å². The summed E-state index contributed by atoms with van der Waals surface area (Å²) in [6.45, 7) is 4.53. The Balaban J connectivity index is 2.31. The molecule has 0 radical (unpaired) electrons. The van der Waals surface area contributed by atoms with Crippen LogP contribution in [0.25, 0.3) is 22.2 Å². The molecule has 1 atom stereocenters. The number of carbonyl (C=O) groups excluding carboxylic acids is 1. The average molecular weight is 412 g/mol. The fraction of sp³-hybridized carbons (Fsp3) is 0.278. The highest BCUT2D eigenvalue weighted by Gasteiger charge is 2.40. The number of hydrogen-bond donors (Lipinski definition) is 1. The van der Waals surface area contributed by atoms with E-state index in [1.807, 2.05) is 0 Å². The summed E-state index contributed by atoms with van der Waals surface area (Å²) < 4.78 is 50.9. The molecule has 0 amide bonds. The molecule has 0 aliphatic rings. The summed E-state index contributed by atoms with van der Waals surface area (Å²) in [5.74, 6) is -2.29. The van der Waals surface area contributed by atoms with E-state index in [1.165, 1.54) is 25.3 Å². The number of halogens is 3. The number of carbonyl (C=O) groups is 1. The molecule has 0 bridgehead atoms. The third-order valence-electron chi connectivity index (χ3n) is 3.89. The van der Waals surface area contributed by atoms with Gasteiger partial charge in [0.25, 0.3) is 0 Å². The van der Waals surface area contributed by atoms with E-state index in [0.717, 1.165) is 17.4 Å². The van der Waals surface area contributed by atoms with Crippen LogP contribution >= 0.6 is 11.3 Å². The first-order valence-corrected chi connectivity index (χ1v) is 8.95. The molecule has 0 fully saturated rings. The minimum absolute atomic E-state index is 0.0470. The van der Waals surface area contributed by atoms with Crippen molar-refractivity contribution in [2.75, 3.05) is 0 Å². The van der Waals surface area contributed by atoms with E-state index < -0.39 is 34.9 Å². The molecule has 10 heteroatoms. The maximum atomic E-state index is 13.6. The zero-order valence-corrected chi connectivity index (χ0v) is 15.8. The van der Waals surface area contributed by atoms with Crippen LogP contribution in [0.5, 0.6) is 5.75 Å². The number of esters is 1. The number of aromatic nitrogens is 1. The van der Waals surface area contributed by atoms with Gasteiger partial charge in [-0.1, -0.05) is 0 Å². The molecule has 2 aromatic heterocycles. The zero-order valence-electron chi connectivity index (χ0n) is 15.0. The Morgan fingerprint density at radius 2 is 2.00 bits per heavy atom. The molecule has 2 N–H and O–H groups in total. The number of aryl methyl sites for hydroxylation is 2. The van der Waals surface area contributed by atoms with Crippen LogP contribution < -0.4 is 15.9 Å². The second kappa shape index (κ2) is 7.02. The third kappa shape index (κ3) is 3.65. The molecule has 3 rings (SSSR count). The van der Waals surface area contributed by atoms with Gasteiger partial charge in [0, 0.05) is 11.4 Å². The van der Waals surface area contributed by atoms with Gasteiger partial charge in [-0.3, -0.25) is 4.79 Å². The summed E-state index contributed by atoms with van der Waals surface area (Å²) in [4.78, 5) is 28.6. The fourth-order valence-electron chi connectivity index (χ4n) is 2.66. The second-order valence-electron chi connectivity index (χ2n) is 6.21. The number of nitrogens with two attached hydrogens (primary N) is 1. The van der Waals surface area contributed by atoms with Crippen LogP contribution in [0.1, 0.15) is 23.3 Å². The molecule has 148 valence electrons. The van der Waals surface area contributed by atoms with Gasteiger partial charge in [-0.25, -0.2) is 9.78 Å². The Labute approximate surface area is 160 Å². The SMILES string of the molecule is Cc1nc(-c2c(C(F)(F)F)oc3cc(OC(=O)C(C)N)cc(C)c3c2=O)cs1. The van der Waals surface area contributed by atoms with E-state index in [9.17, 15) is 22.8 Å². The van der Waals surface area contributed by atoms with Gasteiger partial charge in [-0.15, -0.1) is 11.3 Å². The quantitative estimate of drug-likeness (QED) is 0.519. The van der Waals surface area contributed by atoms with Gasteiger partial charge in [-0.05, 0) is 32.4 Å². The minimum atomic E-state index is -4.92. The maximum Gasteiger partial charge on any atom is 0.450 e. The van der Waals surface area contributed by atoms with Gasteiger partial charge in [0.2, 0.25) is 11.2 Å². The third-order valence-corrected chi connectivity index (χ3v) is 4.66. The summed E-state index contributed by atoms with van der Waals surface area (Å²) in [7, 11) is 0. The lowest BCUT2D eigenvalue weighted by molar-refractivity contribution is -0.152. The second-order valence-corrected chi connectivity index (χ2v) is 7.27. The normalized spacial score (nSPS) is 13.0. The molecule has 3 aromatic rings. The molecule has 2 heterocycles. The number of alkyl halides is 3. The van der Waals surface area contributed by atoms with Crippen molar-refractivity contribution in [3.8, 4) is 17.0 Å². The summed E-state index contributed by atoms with van der Waals surface area (Å²) in [5.41, 5.74) is 3.76.